The van der Waals surface area contributed by atoms with Crippen molar-refractivity contribution in [2.24, 2.45) is 0 Å². The summed E-state index contributed by atoms with van der Waals surface area (Å²) in [5, 5.41) is 43.8. The number of aliphatic hydroxyl groups excluding tert-OH is 3. The number of aliphatic hydroxyl groups is 3. The van der Waals surface area contributed by atoms with Crippen molar-refractivity contribution in [1.82, 2.24) is 9.88 Å². The van der Waals surface area contributed by atoms with Gasteiger partial charge in [0.05, 0.1) is 10.1 Å². The van der Waals surface area contributed by atoms with E-state index in [1.807, 2.05) is 12.1 Å². The van der Waals surface area contributed by atoms with E-state index >= 15 is 0 Å². The zero-order chi connectivity index (χ0) is 35.9. The Labute approximate surface area is 300 Å². The Morgan fingerprint density at radius 2 is 1.39 bits per heavy atom. The Balaban J connectivity index is 0.982. The van der Waals surface area contributed by atoms with Gasteiger partial charge in [0.2, 0.25) is 5.88 Å². The second-order valence-electron chi connectivity index (χ2n) is 11.8. The summed E-state index contributed by atoms with van der Waals surface area (Å²) in [5.74, 6) is 0.783. The van der Waals surface area contributed by atoms with Gasteiger partial charge in [-0.1, -0.05) is 71.6 Å². The van der Waals surface area contributed by atoms with E-state index in [1.54, 1.807) is 66.7 Å². The largest absolute Gasteiger partial charge is 0.494 e. The molecule has 0 radical (unpaired) electrons. The lowest BCUT2D eigenvalue weighted by Gasteiger charge is -2.15. The Kier molecular flexibility index (Phi) is 11.6. The van der Waals surface area contributed by atoms with Crippen LogP contribution in [0.15, 0.2) is 102 Å². The van der Waals surface area contributed by atoms with E-state index in [4.69, 9.17) is 14.2 Å². The molecule has 1 fully saturated rings. The summed E-state index contributed by atoms with van der Waals surface area (Å²) in [6.45, 7) is -0.336. The lowest BCUT2D eigenvalue weighted by Crippen LogP contribution is -2.31. The highest BCUT2D eigenvalue weighted by molar-refractivity contribution is 8.14. The summed E-state index contributed by atoms with van der Waals surface area (Å²) in [5.41, 5.74) is 2.70. The van der Waals surface area contributed by atoms with Crippen molar-refractivity contribution >= 4 is 28.3 Å². The monoisotopic (exact) mass is 734 g/mol. The van der Waals surface area contributed by atoms with Crippen molar-refractivity contribution in [1.29, 1.82) is 0 Å². The van der Waals surface area contributed by atoms with Gasteiger partial charge in [-0.05, 0) is 77.2 Å². The maximum absolute atomic E-state index is 13.4. The van der Waals surface area contributed by atoms with Gasteiger partial charge in [0, 0.05) is 6.42 Å². The van der Waals surface area contributed by atoms with Crippen molar-refractivity contribution < 1.29 is 43.8 Å². The smallest absolute Gasteiger partial charge is 0.313 e. The molecule has 0 aliphatic carbocycles. The molecule has 0 spiro atoms. The predicted octanol–water partition coefficient (Wildman–Crippen LogP) is 5.29. The Morgan fingerprint density at radius 1 is 0.784 bits per heavy atom. The van der Waals surface area contributed by atoms with Gasteiger partial charge in [-0.2, -0.15) is 0 Å². The number of carbonyl (C=O) groups is 1. The number of aromatic hydroxyl groups is 1. The third kappa shape index (κ3) is 9.48. The van der Waals surface area contributed by atoms with Crippen LogP contribution in [0.5, 0.6) is 23.1 Å². The molecule has 266 valence electrons. The molecule has 51 heavy (non-hydrogen) atoms. The summed E-state index contributed by atoms with van der Waals surface area (Å²) in [6.07, 6.45) is -2.06. The number of rotatable bonds is 15. The highest BCUT2D eigenvalue weighted by atomic mass is 32.2. The summed E-state index contributed by atoms with van der Waals surface area (Å²) in [7, 11) is 0. The fourth-order valence-corrected chi connectivity index (χ4v) is 7.16. The first kappa shape index (κ1) is 35.9. The number of hydrogen-bond donors (Lipinski definition) is 5. The highest BCUT2D eigenvalue weighted by Crippen LogP contribution is 2.28. The van der Waals surface area contributed by atoms with E-state index in [0.29, 0.717) is 39.7 Å². The van der Waals surface area contributed by atoms with Crippen molar-refractivity contribution in [2.45, 2.75) is 43.3 Å². The predicted molar refractivity (Wildman–Crippen MR) is 190 cm³/mol. The first-order valence-electron chi connectivity index (χ1n) is 16.0. The SMILES string of the molecule is O=C1NC(O)C(Cc2ccc(OCC(O)c3cccc(OCn4c(O)c(Cc5ccc(OCC(O)c6cccc(F)c6)cc5)sc4=O)c3)cc2)S1. The topological polar surface area (TPSA) is 160 Å². The Bertz CT molecular complexity index is 2000. The molecule has 5 N–H and O–H groups in total. The molecule has 1 aliphatic heterocycles. The first-order chi connectivity index (χ1) is 24.6. The molecule has 0 bridgehead atoms. The number of amides is 1. The fourth-order valence-electron chi connectivity index (χ4n) is 5.33. The van der Waals surface area contributed by atoms with Crippen LogP contribution in [0.4, 0.5) is 9.18 Å². The zero-order valence-electron chi connectivity index (χ0n) is 27.1. The molecule has 4 unspecified atom stereocenters. The van der Waals surface area contributed by atoms with Gasteiger partial charge in [-0.3, -0.25) is 9.59 Å². The van der Waals surface area contributed by atoms with E-state index in [0.717, 1.165) is 38.8 Å². The van der Waals surface area contributed by atoms with Crippen LogP contribution in [0, 0.1) is 5.82 Å². The maximum atomic E-state index is 13.4. The molecule has 1 amide bonds. The van der Waals surface area contributed by atoms with Crippen molar-refractivity contribution in [3.8, 4) is 23.1 Å². The van der Waals surface area contributed by atoms with Gasteiger partial charge in [0.15, 0.2) is 6.73 Å². The highest BCUT2D eigenvalue weighted by Gasteiger charge is 2.31. The van der Waals surface area contributed by atoms with Gasteiger partial charge < -0.3 is 40.0 Å². The number of carbonyl (C=O) groups excluding carboxylic acids is 1. The van der Waals surface area contributed by atoms with Crippen molar-refractivity contribution in [3.63, 3.8) is 0 Å². The standard InChI is InChI=1S/C37H35FN2O9S2/c38-26-5-1-3-24(17-26)30(41)19-47-28-13-9-23(10-14-28)16-33-35(44)40(37(46)51-33)21-49-29-6-2-4-25(18-29)31(42)20-48-27-11-7-22(8-12-27)15-32-34(43)39-36(45)50-32/h1-14,17-18,30-32,34,41-44H,15-16,19-21H2,(H,39,45). The van der Waals surface area contributed by atoms with Gasteiger partial charge in [0.25, 0.3) is 5.24 Å². The van der Waals surface area contributed by atoms with Crippen molar-refractivity contribution in [3.05, 3.63) is 140 Å². The molecule has 2 heterocycles. The van der Waals surface area contributed by atoms with Gasteiger partial charge in [0.1, 0.15) is 54.7 Å². The summed E-state index contributed by atoms with van der Waals surface area (Å²) >= 11 is 1.98. The number of nitrogens with one attached hydrogen (secondary N) is 1. The lowest BCUT2D eigenvalue weighted by atomic mass is 10.1. The number of nitrogens with zero attached hydrogens (tertiary/aromatic N) is 1. The summed E-state index contributed by atoms with van der Waals surface area (Å²) in [4.78, 5) is 24.2. The molecule has 14 heteroatoms. The first-order valence-corrected chi connectivity index (χ1v) is 17.7. The molecular weight excluding hydrogens is 700 g/mol. The molecular formula is C37H35FN2O9S2. The zero-order valence-corrected chi connectivity index (χ0v) is 28.7. The van der Waals surface area contributed by atoms with Crippen LogP contribution in [0.3, 0.4) is 0 Å². The number of ether oxygens (including phenoxy) is 3. The van der Waals surface area contributed by atoms with Gasteiger partial charge in [-0.25, -0.2) is 8.96 Å². The number of benzene rings is 4. The minimum Gasteiger partial charge on any atom is -0.494 e. The number of aromatic nitrogens is 1. The molecule has 1 saturated heterocycles. The second-order valence-corrected chi connectivity index (χ2v) is 14.1. The molecule has 4 aromatic carbocycles. The Hall–Kier alpha value is -4.86. The summed E-state index contributed by atoms with van der Waals surface area (Å²) in [6, 6.07) is 26.6. The molecule has 0 saturated carbocycles. The molecule has 6 rings (SSSR count). The molecule has 5 aromatic rings. The number of thioether (sulfide) groups is 1. The van der Waals surface area contributed by atoms with Crippen LogP contribution in [-0.2, 0) is 19.6 Å². The second kappa shape index (κ2) is 16.4. The average molecular weight is 735 g/mol. The van der Waals surface area contributed by atoms with Crippen LogP contribution in [0.1, 0.15) is 39.3 Å². The van der Waals surface area contributed by atoms with Crippen LogP contribution < -0.4 is 24.4 Å². The number of thiazole rings is 1. The minimum atomic E-state index is -0.995. The van der Waals surface area contributed by atoms with Crippen molar-refractivity contribution in [2.75, 3.05) is 13.2 Å². The minimum absolute atomic E-state index is 0.0312. The van der Waals surface area contributed by atoms with E-state index in [9.17, 15) is 34.4 Å². The van der Waals surface area contributed by atoms with E-state index < -0.39 is 29.1 Å². The average Bonchev–Trinajstić information content (AvgIpc) is 3.59. The molecule has 1 aromatic heterocycles. The van der Waals surface area contributed by atoms with Gasteiger partial charge in [-0.15, -0.1) is 0 Å². The number of halogens is 1. The lowest BCUT2D eigenvalue weighted by molar-refractivity contribution is 0.107. The molecule has 11 nitrogen and oxygen atoms in total. The normalized spacial score (nSPS) is 16.7. The van der Waals surface area contributed by atoms with E-state index in [2.05, 4.69) is 5.32 Å². The van der Waals surface area contributed by atoms with E-state index in [1.165, 1.54) is 18.2 Å². The van der Waals surface area contributed by atoms with Crippen LogP contribution in [0.25, 0.3) is 0 Å². The van der Waals surface area contributed by atoms with E-state index in [-0.39, 0.29) is 42.7 Å². The third-order valence-corrected chi connectivity index (χ3v) is 10.1. The van der Waals surface area contributed by atoms with Crippen LogP contribution in [0.2, 0.25) is 0 Å². The Morgan fingerprint density at radius 3 is 2.00 bits per heavy atom. The van der Waals surface area contributed by atoms with Gasteiger partial charge >= 0.3 is 4.87 Å². The quantitative estimate of drug-likeness (QED) is 0.0957. The van der Waals surface area contributed by atoms with Crippen LogP contribution >= 0.6 is 23.1 Å². The van der Waals surface area contributed by atoms with Crippen LogP contribution in [-0.4, -0.2) is 54.9 Å². The fraction of sp³-hybridized carbons (Fsp3) is 0.243. The molecule has 4 atom stereocenters. The third-order valence-electron chi connectivity index (χ3n) is 8.11. The summed E-state index contributed by atoms with van der Waals surface area (Å²) < 4.78 is 31.8. The molecule has 1 aliphatic rings. The number of hydrogen-bond acceptors (Lipinski definition) is 11. The maximum Gasteiger partial charge on any atom is 0.313 e.